The Balaban J connectivity index is 0.00000182. The molecule has 3 aliphatic rings. The Morgan fingerprint density at radius 2 is 2.20 bits per heavy atom. The summed E-state index contributed by atoms with van der Waals surface area (Å²) in [6.45, 7) is 0.936. The van der Waals surface area contributed by atoms with Crippen LogP contribution in [0.4, 0.5) is 0 Å². The lowest BCUT2D eigenvalue weighted by Gasteiger charge is -2.22. The van der Waals surface area contributed by atoms with Crippen LogP contribution in [0.25, 0.3) is 0 Å². The Bertz CT molecular complexity index is 582. The fourth-order valence-corrected chi connectivity index (χ4v) is 5.32. The molecule has 7 heteroatoms. The van der Waals surface area contributed by atoms with Crippen LogP contribution in [0.5, 0.6) is 0 Å². The normalized spacial score (nSPS) is 27.7. The van der Waals surface area contributed by atoms with Crippen LogP contribution in [0.15, 0.2) is 4.99 Å². The maximum atomic E-state index is 5.90. The topological polar surface area (TPSA) is 58.5 Å². The van der Waals surface area contributed by atoms with Gasteiger partial charge in [-0.3, -0.25) is 4.99 Å². The number of hydrogen-bond acceptors (Lipinski definition) is 4. The molecule has 2 aliphatic heterocycles. The molecule has 2 fully saturated rings. The lowest BCUT2D eigenvalue weighted by atomic mass is 9.96. The molecule has 3 atom stereocenters. The maximum Gasteiger partial charge on any atom is 0.191 e. The summed E-state index contributed by atoms with van der Waals surface area (Å²) in [6, 6.07) is 0.431. The number of aromatic nitrogens is 1. The summed E-state index contributed by atoms with van der Waals surface area (Å²) in [4.78, 5) is 10.7. The van der Waals surface area contributed by atoms with Crippen molar-refractivity contribution in [2.75, 3.05) is 13.6 Å². The average Bonchev–Trinajstić information content (AvgIpc) is 3.31. The van der Waals surface area contributed by atoms with Crippen LogP contribution in [0.1, 0.15) is 54.1 Å². The summed E-state index contributed by atoms with van der Waals surface area (Å²) < 4.78 is 5.90. The van der Waals surface area contributed by atoms with E-state index in [4.69, 9.17) is 9.72 Å². The zero-order valence-corrected chi connectivity index (χ0v) is 18.1. The third-order valence-electron chi connectivity index (χ3n) is 5.40. The first kappa shape index (κ1) is 19.4. The number of aliphatic imine (C=N–C) groups is 1. The van der Waals surface area contributed by atoms with Gasteiger partial charge in [-0.15, -0.1) is 35.3 Å². The Morgan fingerprint density at radius 1 is 1.32 bits per heavy atom. The van der Waals surface area contributed by atoms with Crippen LogP contribution >= 0.6 is 35.3 Å². The largest absolute Gasteiger partial charge is 0.373 e. The number of nitrogens with zero attached hydrogens (tertiary/aromatic N) is 2. The number of hydrogen-bond donors (Lipinski definition) is 2. The van der Waals surface area contributed by atoms with Crippen LogP contribution in [0, 0.1) is 0 Å². The first-order chi connectivity index (χ1) is 11.8. The predicted molar refractivity (Wildman–Crippen MR) is 113 cm³/mol. The van der Waals surface area contributed by atoms with Crippen molar-refractivity contribution in [1.29, 1.82) is 0 Å². The number of nitrogens with one attached hydrogen (secondary N) is 2. The summed E-state index contributed by atoms with van der Waals surface area (Å²) in [5.74, 6) is 0.912. The lowest BCUT2D eigenvalue weighted by Crippen LogP contribution is -2.47. The molecule has 4 rings (SSSR count). The zero-order valence-electron chi connectivity index (χ0n) is 14.9. The minimum atomic E-state index is 0. The van der Waals surface area contributed by atoms with Gasteiger partial charge in [-0.05, 0) is 51.4 Å². The highest BCUT2D eigenvalue weighted by Gasteiger charge is 2.41. The summed E-state index contributed by atoms with van der Waals surface area (Å²) >= 11 is 1.93. The van der Waals surface area contributed by atoms with Crippen molar-refractivity contribution in [3.63, 3.8) is 0 Å². The second kappa shape index (κ2) is 8.99. The fraction of sp³-hybridized carbons (Fsp3) is 0.778. The second-order valence-corrected chi connectivity index (χ2v) is 8.32. The van der Waals surface area contributed by atoms with Gasteiger partial charge in [0.05, 0.1) is 29.0 Å². The van der Waals surface area contributed by atoms with Gasteiger partial charge in [0.25, 0.3) is 0 Å². The van der Waals surface area contributed by atoms with Gasteiger partial charge in [0.15, 0.2) is 5.96 Å². The molecule has 1 aromatic heterocycles. The molecule has 5 nitrogen and oxygen atoms in total. The molecule has 0 aromatic carbocycles. The lowest BCUT2D eigenvalue weighted by molar-refractivity contribution is 0.0992. The van der Waals surface area contributed by atoms with E-state index in [0.717, 1.165) is 31.8 Å². The van der Waals surface area contributed by atoms with Crippen molar-refractivity contribution in [3.05, 3.63) is 15.6 Å². The van der Waals surface area contributed by atoms with E-state index >= 15 is 0 Å². The number of thiazole rings is 1. The van der Waals surface area contributed by atoms with Crippen molar-refractivity contribution in [1.82, 2.24) is 15.6 Å². The van der Waals surface area contributed by atoms with Crippen molar-refractivity contribution in [3.8, 4) is 0 Å². The fourth-order valence-electron chi connectivity index (χ4n) is 4.12. The minimum Gasteiger partial charge on any atom is -0.373 e. The summed E-state index contributed by atoms with van der Waals surface area (Å²) in [6.07, 6.45) is 11.6. The quantitative estimate of drug-likeness (QED) is 0.297. The predicted octanol–water partition coefficient (Wildman–Crippen LogP) is 3.06. The molecule has 3 heterocycles. The first-order valence-corrected chi connectivity index (χ1v) is 10.2. The van der Waals surface area contributed by atoms with Crippen LogP contribution in [-0.2, 0) is 24.0 Å². The molecular formula is C18H29IN4OS. The van der Waals surface area contributed by atoms with E-state index in [-0.39, 0.29) is 24.0 Å². The van der Waals surface area contributed by atoms with E-state index in [9.17, 15) is 0 Å². The number of guanidine groups is 1. The number of rotatable bonds is 5. The molecule has 2 saturated heterocycles. The zero-order chi connectivity index (χ0) is 16.4. The Morgan fingerprint density at radius 3 is 2.92 bits per heavy atom. The Hall–Kier alpha value is -0.410. The SMILES string of the molecule is CN=C(NCCCc1nc2c(s1)CCCC2)NC1CC2CCC1O2.I. The first-order valence-electron chi connectivity index (χ1n) is 9.42. The van der Waals surface area contributed by atoms with E-state index in [1.54, 1.807) is 0 Å². The molecule has 0 saturated carbocycles. The molecule has 25 heavy (non-hydrogen) atoms. The molecule has 0 radical (unpaired) electrons. The minimum absolute atomic E-state index is 0. The van der Waals surface area contributed by atoms with Crippen LogP contribution in [-0.4, -0.2) is 42.8 Å². The average molecular weight is 476 g/mol. The highest BCUT2D eigenvalue weighted by Crippen LogP contribution is 2.34. The highest BCUT2D eigenvalue weighted by atomic mass is 127. The van der Waals surface area contributed by atoms with E-state index in [1.165, 1.54) is 54.1 Å². The summed E-state index contributed by atoms with van der Waals surface area (Å²) in [7, 11) is 1.85. The van der Waals surface area contributed by atoms with Gasteiger partial charge in [0.1, 0.15) is 0 Å². The van der Waals surface area contributed by atoms with Crippen LogP contribution in [0.2, 0.25) is 0 Å². The Labute approximate surface area is 171 Å². The maximum absolute atomic E-state index is 5.90. The van der Waals surface area contributed by atoms with E-state index in [0.29, 0.717) is 18.2 Å². The molecule has 140 valence electrons. The van der Waals surface area contributed by atoms with Crippen molar-refractivity contribution >= 4 is 41.3 Å². The molecule has 0 spiro atoms. The van der Waals surface area contributed by atoms with Crippen molar-refractivity contribution in [2.45, 2.75) is 76.0 Å². The van der Waals surface area contributed by atoms with Gasteiger partial charge in [0, 0.05) is 24.9 Å². The Kier molecular flexibility index (Phi) is 6.96. The number of halogens is 1. The third kappa shape index (κ3) is 4.66. The van der Waals surface area contributed by atoms with E-state index in [1.807, 2.05) is 18.4 Å². The molecule has 1 aromatic rings. The van der Waals surface area contributed by atoms with Gasteiger partial charge < -0.3 is 15.4 Å². The van der Waals surface area contributed by atoms with Crippen molar-refractivity contribution < 1.29 is 4.74 Å². The molecular weight excluding hydrogens is 447 g/mol. The standard InChI is InChI=1S/C18H28N4OS.HI/c1-19-18(22-14-11-12-8-9-15(14)23-12)20-10-4-7-17-21-13-5-2-3-6-16(13)24-17;/h12,14-15H,2-11H2,1H3,(H2,19,20,22);1H. The van der Waals surface area contributed by atoms with Crippen LogP contribution < -0.4 is 10.6 Å². The summed E-state index contributed by atoms with van der Waals surface area (Å²) in [5.41, 5.74) is 1.38. The van der Waals surface area contributed by atoms with Gasteiger partial charge in [-0.25, -0.2) is 4.98 Å². The summed E-state index contributed by atoms with van der Waals surface area (Å²) in [5, 5.41) is 8.30. The van der Waals surface area contributed by atoms with E-state index < -0.39 is 0 Å². The third-order valence-corrected chi connectivity index (χ3v) is 6.62. The number of aryl methyl sites for hydroxylation is 3. The smallest absolute Gasteiger partial charge is 0.191 e. The van der Waals surface area contributed by atoms with E-state index in [2.05, 4.69) is 15.6 Å². The van der Waals surface area contributed by atoms with Gasteiger partial charge in [0.2, 0.25) is 0 Å². The second-order valence-electron chi connectivity index (χ2n) is 7.15. The van der Waals surface area contributed by atoms with Gasteiger partial charge in [-0.2, -0.15) is 0 Å². The van der Waals surface area contributed by atoms with Crippen molar-refractivity contribution in [2.24, 2.45) is 4.99 Å². The molecule has 1 aliphatic carbocycles. The van der Waals surface area contributed by atoms with Gasteiger partial charge in [-0.1, -0.05) is 0 Å². The highest BCUT2D eigenvalue weighted by molar-refractivity contribution is 14.0. The monoisotopic (exact) mass is 476 g/mol. The van der Waals surface area contributed by atoms with Crippen LogP contribution in [0.3, 0.4) is 0 Å². The number of ether oxygens (including phenoxy) is 1. The number of fused-ring (bicyclic) bond motifs is 3. The molecule has 0 amide bonds. The molecule has 3 unspecified atom stereocenters. The molecule has 2 bridgehead atoms. The van der Waals surface area contributed by atoms with Gasteiger partial charge >= 0.3 is 0 Å². The molecule has 2 N–H and O–H groups in total.